The van der Waals surface area contributed by atoms with E-state index in [9.17, 15) is 0 Å². The summed E-state index contributed by atoms with van der Waals surface area (Å²) in [6.07, 6.45) is 2.61. The molecule has 1 aromatic carbocycles. The lowest BCUT2D eigenvalue weighted by molar-refractivity contribution is -0.0817. The molecule has 0 aromatic heterocycles. The molecule has 6 heteroatoms. The number of morpholine rings is 1. The van der Waals surface area contributed by atoms with Gasteiger partial charge in [0.2, 0.25) is 0 Å². The van der Waals surface area contributed by atoms with Crippen LogP contribution in [0, 0.1) is 0 Å². The normalized spacial score (nSPS) is 24.8. The lowest BCUT2D eigenvalue weighted by atomic mass is 9.85. The maximum atomic E-state index is 5.96. The summed E-state index contributed by atoms with van der Waals surface area (Å²) in [5.74, 6) is 0.944. The standard InChI is InChI=1S/C20H30BrN3O2/c1-20(2,15-6-4-7-16(21)12-15)14-23-19(22-3)24-9-11-26-18(13-24)17-8-5-10-25-17/h4,6-7,12,17-18H,5,8-11,13-14H2,1-3H3,(H,22,23). The molecule has 0 aliphatic carbocycles. The highest BCUT2D eigenvalue weighted by Crippen LogP contribution is 2.25. The quantitative estimate of drug-likeness (QED) is 0.596. The van der Waals surface area contributed by atoms with Gasteiger partial charge in [-0.25, -0.2) is 0 Å². The van der Waals surface area contributed by atoms with E-state index in [2.05, 4.69) is 69.3 Å². The summed E-state index contributed by atoms with van der Waals surface area (Å²) in [7, 11) is 1.85. The molecule has 3 rings (SSSR count). The Morgan fingerprint density at radius 1 is 1.31 bits per heavy atom. The van der Waals surface area contributed by atoms with Crippen molar-refractivity contribution in [3.63, 3.8) is 0 Å². The van der Waals surface area contributed by atoms with Gasteiger partial charge < -0.3 is 19.7 Å². The van der Waals surface area contributed by atoms with Crippen molar-refractivity contribution in [3.05, 3.63) is 34.3 Å². The van der Waals surface area contributed by atoms with Gasteiger partial charge >= 0.3 is 0 Å². The van der Waals surface area contributed by atoms with Crippen molar-refractivity contribution in [2.24, 2.45) is 4.99 Å². The lowest BCUT2D eigenvalue weighted by Crippen LogP contribution is -2.54. The number of hydrogen-bond donors (Lipinski definition) is 1. The summed E-state index contributed by atoms with van der Waals surface area (Å²) in [6.45, 7) is 8.60. The fourth-order valence-corrected chi connectivity index (χ4v) is 4.03. The van der Waals surface area contributed by atoms with E-state index in [0.29, 0.717) is 0 Å². The van der Waals surface area contributed by atoms with Crippen molar-refractivity contribution in [2.45, 2.75) is 44.3 Å². The molecule has 5 nitrogen and oxygen atoms in total. The molecule has 2 atom stereocenters. The van der Waals surface area contributed by atoms with Gasteiger partial charge in [0.1, 0.15) is 6.10 Å². The number of hydrogen-bond acceptors (Lipinski definition) is 3. The van der Waals surface area contributed by atoms with E-state index in [1.54, 1.807) is 0 Å². The van der Waals surface area contributed by atoms with Crippen molar-refractivity contribution >= 4 is 21.9 Å². The van der Waals surface area contributed by atoms with Crippen LogP contribution in [-0.4, -0.2) is 63.0 Å². The van der Waals surface area contributed by atoms with Gasteiger partial charge in [-0.3, -0.25) is 4.99 Å². The zero-order valence-corrected chi connectivity index (χ0v) is 17.6. The number of nitrogens with zero attached hydrogens (tertiary/aromatic N) is 2. The number of halogens is 1. The van der Waals surface area contributed by atoms with Gasteiger partial charge in [0.25, 0.3) is 0 Å². The maximum Gasteiger partial charge on any atom is 0.193 e. The van der Waals surface area contributed by atoms with Crippen LogP contribution in [0.25, 0.3) is 0 Å². The Kier molecular flexibility index (Phi) is 6.59. The minimum absolute atomic E-state index is 0.0000280. The highest BCUT2D eigenvalue weighted by atomic mass is 79.9. The fraction of sp³-hybridized carbons (Fsp3) is 0.650. The first kappa shape index (κ1) is 19.6. The number of ether oxygens (including phenoxy) is 2. The van der Waals surface area contributed by atoms with E-state index in [4.69, 9.17) is 9.47 Å². The zero-order chi connectivity index (χ0) is 18.6. The molecule has 2 saturated heterocycles. The Bertz CT molecular complexity index is 629. The maximum absolute atomic E-state index is 5.96. The third kappa shape index (κ3) is 4.78. The van der Waals surface area contributed by atoms with Gasteiger partial charge in [-0.1, -0.05) is 41.9 Å². The smallest absolute Gasteiger partial charge is 0.193 e. The molecular formula is C20H30BrN3O2. The summed E-state index contributed by atoms with van der Waals surface area (Å²) >= 11 is 3.57. The molecule has 144 valence electrons. The van der Waals surface area contributed by atoms with Crippen LogP contribution in [0.1, 0.15) is 32.3 Å². The monoisotopic (exact) mass is 423 g/mol. The van der Waals surface area contributed by atoms with E-state index in [1.165, 1.54) is 5.56 Å². The molecule has 1 aromatic rings. The minimum atomic E-state index is -0.0000280. The molecule has 2 aliphatic rings. The Hall–Kier alpha value is -1.11. The number of rotatable bonds is 4. The van der Waals surface area contributed by atoms with Crippen LogP contribution in [0.2, 0.25) is 0 Å². The van der Waals surface area contributed by atoms with Gasteiger partial charge in [-0.2, -0.15) is 0 Å². The SMILES string of the molecule is CN=C(NCC(C)(C)c1cccc(Br)c1)N1CCOC(C2CCCO2)C1. The molecule has 2 heterocycles. The van der Waals surface area contributed by atoms with Crippen molar-refractivity contribution in [1.82, 2.24) is 10.2 Å². The van der Waals surface area contributed by atoms with E-state index in [-0.39, 0.29) is 17.6 Å². The van der Waals surface area contributed by atoms with E-state index >= 15 is 0 Å². The number of guanidine groups is 1. The van der Waals surface area contributed by atoms with Crippen molar-refractivity contribution in [2.75, 3.05) is 39.9 Å². The third-order valence-electron chi connectivity index (χ3n) is 5.28. The minimum Gasteiger partial charge on any atom is -0.375 e. The van der Waals surface area contributed by atoms with Crippen LogP contribution in [0.5, 0.6) is 0 Å². The summed E-state index contributed by atoms with van der Waals surface area (Å²) in [6, 6.07) is 8.51. The molecular weight excluding hydrogens is 394 g/mol. The van der Waals surface area contributed by atoms with Crippen molar-refractivity contribution in [1.29, 1.82) is 0 Å². The van der Waals surface area contributed by atoms with Gasteiger partial charge in [-0.15, -0.1) is 0 Å². The topological polar surface area (TPSA) is 46.1 Å². The number of benzene rings is 1. The summed E-state index contributed by atoms with van der Waals surface area (Å²) in [5, 5.41) is 3.57. The Morgan fingerprint density at radius 2 is 2.12 bits per heavy atom. The molecule has 0 saturated carbocycles. The van der Waals surface area contributed by atoms with Gasteiger partial charge in [0, 0.05) is 43.2 Å². The average molecular weight is 424 g/mol. The summed E-state index contributed by atoms with van der Waals surface area (Å²) in [5.41, 5.74) is 1.30. The number of nitrogens with one attached hydrogen (secondary N) is 1. The second-order valence-corrected chi connectivity index (χ2v) is 8.62. The van der Waals surface area contributed by atoms with E-state index in [1.807, 2.05) is 7.05 Å². The largest absolute Gasteiger partial charge is 0.375 e. The molecule has 0 spiro atoms. The van der Waals surface area contributed by atoms with Crippen molar-refractivity contribution in [3.8, 4) is 0 Å². The van der Waals surface area contributed by atoms with Crippen LogP contribution >= 0.6 is 15.9 Å². The molecule has 2 unspecified atom stereocenters. The molecule has 2 fully saturated rings. The summed E-state index contributed by atoms with van der Waals surface area (Å²) < 4.78 is 12.9. The van der Waals surface area contributed by atoms with Crippen LogP contribution in [0.3, 0.4) is 0 Å². The van der Waals surface area contributed by atoms with Gasteiger partial charge in [0.05, 0.1) is 12.7 Å². The molecule has 0 amide bonds. The Labute approximate surface area is 165 Å². The molecule has 0 bridgehead atoms. The van der Waals surface area contributed by atoms with E-state index < -0.39 is 0 Å². The molecule has 0 radical (unpaired) electrons. The third-order valence-corrected chi connectivity index (χ3v) is 5.77. The first-order valence-corrected chi connectivity index (χ1v) is 10.2. The Morgan fingerprint density at radius 3 is 2.81 bits per heavy atom. The second kappa shape index (κ2) is 8.72. The van der Waals surface area contributed by atoms with Crippen LogP contribution in [-0.2, 0) is 14.9 Å². The highest BCUT2D eigenvalue weighted by Gasteiger charge is 2.32. The van der Waals surface area contributed by atoms with Crippen LogP contribution in [0.15, 0.2) is 33.7 Å². The van der Waals surface area contributed by atoms with Crippen LogP contribution in [0.4, 0.5) is 0 Å². The number of aliphatic imine (C=N–C) groups is 1. The first-order valence-electron chi connectivity index (χ1n) is 9.44. The van der Waals surface area contributed by atoms with E-state index in [0.717, 1.165) is 56.1 Å². The van der Waals surface area contributed by atoms with Gasteiger partial charge in [0.15, 0.2) is 5.96 Å². The zero-order valence-electron chi connectivity index (χ0n) is 16.0. The fourth-order valence-electron chi connectivity index (χ4n) is 3.63. The molecule has 1 N–H and O–H groups in total. The molecule has 26 heavy (non-hydrogen) atoms. The lowest BCUT2D eigenvalue weighted by Gasteiger charge is -2.38. The highest BCUT2D eigenvalue weighted by molar-refractivity contribution is 9.10. The predicted octanol–water partition coefficient (Wildman–Crippen LogP) is 3.18. The first-order chi connectivity index (χ1) is 12.5. The molecule has 2 aliphatic heterocycles. The predicted molar refractivity (Wildman–Crippen MR) is 109 cm³/mol. The van der Waals surface area contributed by atoms with Gasteiger partial charge in [-0.05, 0) is 30.5 Å². The van der Waals surface area contributed by atoms with Crippen LogP contribution < -0.4 is 5.32 Å². The second-order valence-electron chi connectivity index (χ2n) is 7.70. The average Bonchev–Trinajstić information content (AvgIpc) is 3.17. The summed E-state index contributed by atoms with van der Waals surface area (Å²) in [4.78, 5) is 6.81. The van der Waals surface area contributed by atoms with Crippen molar-refractivity contribution < 1.29 is 9.47 Å². The Balaban J connectivity index is 1.60.